The van der Waals surface area contributed by atoms with E-state index in [1.165, 1.54) is 16.8 Å². The second kappa shape index (κ2) is 16.3. The van der Waals surface area contributed by atoms with Gasteiger partial charge in [0.2, 0.25) is 6.35 Å². The molecule has 263 valence electrons. The summed E-state index contributed by atoms with van der Waals surface area (Å²) in [5, 5.41) is 0. The summed E-state index contributed by atoms with van der Waals surface area (Å²) in [6.45, 7) is 13.1. The Morgan fingerprint density at radius 1 is 0.647 bits per heavy atom. The van der Waals surface area contributed by atoms with Gasteiger partial charge in [0.25, 0.3) is 0 Å². The first-order chi connectivity index (χ1) is 23.9. The number of aryl methyl sites for hydroxylation is 4. The van der Waals surface area contributed by atoms with Crippen LogP contribution in [-0.4, -0.2) is 22.9 Å². The quantitative estimate of drug-likeness (QED) is 0.155. The van der Waals surface area contributed by atoms with Crippen LogP contribution < -0.4 is 19.6 Å². The van der Waals surface area contributed by atoms with Crippen LogP contribution >= 0.6 is 0 Å². The third kappa shape index (κ3) is 7.40. The van der Waals surface area contributed by atoms with Crippen LogP contribution in [0.15, 0.2) is 128 Å². The van der Waals surface area contributed by atoms with Gasteiger partial charge in [-0.15, -0.1) is 12.4 Å². The molecule has 1 radical (unpaired) electrons. The van der Waals surface area contributed by atoms with E-state index in [4.69, 9.17) is 9.72 Å². The minimum atomic E-state index is -0.271. The summed E-state index contributed by atoms with van der Waals surface area (Å²) in [6, 6.07) is 42.7. The number of ether oxygens (including phenoxy) is 1. The fourth-order valence-corrected chi connectivity index (χ4v) is 6.35. The van der Waals surface area contributed by atoms with Crippen LogP contribution in [0.3, 0.4) is 0 Å². The third-order valence-electron chi connectivity index (χ3n) is 8.67. The summed E-state index contributed by atoms with van der Waals surface area (Å²) in [5.41, 5.74) is 11.2. The van der Waals surface area contributed by atoms with Crippen LogP contribution in [0.1, 0.15) is 36.6 Å². The average Bonchev–Trinajstić information content (AvgIpc) is 3.65. The van der Waals surface area contributed by atoms with E-state index < -0.39 is 0 Å². The topological polar surface area (TPSA) is 48.0 Å². The second-order valence-corrected chi connectivity index (χ2v) is 12.2. The molecule has 2 aromatic heterocycles. The Morgan fingerprint density at radius 3 is 1.86 bits per heavy atom. The van der Waals surface area contributed by atoms with Crippen molar-refractivity contribution in [2.24, 2.45) is 0 Å². The predicted molar refractivity (Wildman–Crippen MR) is 207 cm³/mol. The molecule has 8 rings (SSSR count). The first-order valence-electron chi connectivity index (χ1n) is 16.6. The molecule has 6 aromatic rings. The van der Waals surface area contributed by atoms with E-state index >= 15 is 0 Å². The number of aromatic nitrogens is 2. The molecule has 1 unspecified atom stereocenters. The maximum absolute atomic E-state index is 6.23. The Hall–Kier alpha value is -5.01. The Morgan fingerprint density at radius 2 is 1.24 bits per heavy atom. The van der Waals surface area contributed by atoms with Crippen molar-refractivity contribution in [3.63, 3.8) is 0 Å². The number of fused-ring (bicyclic) bond motifs is 2. The van der Waals surface area contributed by atoms with Crippen LogP contribution in [-0.2, 0) is 24.8 Å². The van der Waals surface area contributed by atoms with Gasteiger partial charge in [0.15, 0.2) is 5.82 Å². The standard InChI is InChI=1S/C22H23N3O.C20H17N3.CH4.Ir/c1-4-26-22-24(18-11-6-5-7-12-18)21-20(14-16(2)15-23-21)25(22)19-13-9-8-10-17(19)3;1-15-12-19-20(21-13-15)22(17-9-4-3-5-10-17)14-23(19)18-11-7-6-8-16(18)2;;/h5-15,22H,4H2,1-3H3;3-9,11-14H,1-2H3;1H4;/q;-2;;. The normalized spacial score (nSPS) is 14.2. The first kappa shape index (κ1) is 37.2. The summed E-state index contributed by atoms with van der Waals surface area (Å²) < 4.78 is 6.23. The predicted octanol–water partition coefficient (Wildman–Crippen LogP) is 10.8. The molecule has 0 saturated carbocycles. The fraction of sp³-hybridized carbons (Fsp3) is 0.186. The van der Waals surface area contributed by atoms with E-state index in [1.54, 1.807) is 0 Å². The molecule has 2 aliphatic rings. The van der Waals surface area contributed by atoms with Crippen molar-refractivity contribution in [1.29, 1.82) is 0 Å². The molecule has 8 heteroatoms. The van der Waals surface area contributed by atoms with Gasteiger partial charge < -0.3 is 14.5 Å². The summed E-state index contributed by atoms with van der Waals surface area (Å²) >= 11 is 0. The number of anilines is 8. The van der Waals surface area contributed by atoms with Gasteiger partial charge in [-0.05, 0) is 93.3 Å². The number of para-hydroxylation sites is 4. The van der Waals surface area contributed by atoms with Gasteiger partial charge in [0, 0.05) is 56.2 Å². The van der Waals surface area contributed by atoms with Crippen LogP contribution in [0.2, 0.25) is 0 Å². The zero-order chi connectivity index (χ0) is 33.9. The summed E-state index contributed by atoms with van der Waals surface area (Å²) in [4.78, 5) is 18.1. The Kier molecular flexibility index (Phi) is 11.9. The van der Waals surface area contributed by atoms with Crippen molar-refractivity contribution in [1.82, 2.24) is 9.97 Å². The van der Waals surface area contributed by atoms with Crippen LogP contribution in [0, 0.1) is 40.4 Å². The number of hydrogen-bond acceptors (Lipinski definition) is 7. The minimum Gasteiger partial charge on any atom is -0.478 e. The van der Waals surface area contributed by atoms with Crippen molar-refractivity contribution in [2.75, 3.05) is 26.2 Å². The van der Waals surface area contributed by atoms with Crippen molar-refractivity contribution in [3.8, 4) is 0 Å². The maximum Gasteiger partial charge on any atom is 0.220 e. The van der Waals surface area contributed by atoms with E-state index in [1.807, 2.05) is 61.8 Å². The number of rotatable bonds is 6. The molecule has 0 amide bonds. The van der Waals surface area contributed by atoms with Gasteiger partial charge in [-0.2, -0.15) is 30.3 Å². The smallest absolute Gasteiger partial charge is 0.220 e. The molecule has 51 heavy (non-hydrogen) atoms. The molecule has 0 saturated heterocycles. The zero-order valence-corrected chi connectivity index (χ0v) is 31.3. The Balaban J connectivity index is 0.000000191. The largest absolute Gasteiger partial charge is 0.478 e. The van der Waals surface area contributed by atoms with Gasteiger partial charge in [-0.1, -0.05) is 62.0 Å². The summed E-state index contributed by atoms with van der Waals surface area (Å²) in [6.07, 6.45) is 3.55. The van der Waals surface area contributed by atoms with Gasteiger partial charge in [0.1, 0.15) is 5.82 Å². The van der Waals surface area contributed by atoms with Crippen LogP contribution in [0.5, 0.6) is 0 Å². The van der Waals surface area contributed by atoms with Gasteiger partial charge >= 0.3 is 0 Å². The Labute approximate surface area is 316 Å². The molecule has 0 N–H and O–H groups in total. The number of pyridine rings is 2. The van der Waals surface area contributed by atoms with Gasteiger partial charge in [-0.25, -0.2) is 9.97 Å². The van der Waals surface area contributed by atoms with Crippen molar-refractivity contribution < 1.29 is 24.8 Å². The molecule has 7 nitrogen and oxygen atoms in total. The van der Waals surface area contributed by atoms with E-state index in [0.29, 0.717) is 6.61 Å². The molecule has 2 aliphatic heterocycles. The molecule has 4 aromatic carbocycles. The summed E-state index contributed by atoms with van der Waals surface area (Å²) in [5.74, 6) is 1.85. The molecule has 0 aliphatic carbocycles. The number of nitrogens with zero attached hydrogens (tertiary/aromatic N) is 6. The van der Waals surface area contributed by atoms with Crippen LogP contribution in [0.25, 0.3) is 0 Å². The molecule has 0 fully saturated rings. The zero-order valence-electron chi connectivity index (χ0n) is 28.9. The SMILES string of the molecule is C.CCOC1N(c2ccccc2C)c2cc(C)cnc2N1c1ccccc1.Cc1cnc2c(c1)N(c1ccccc1C)[CH-]N2c1[c-]cccc1.[Ir]. The molecule has 0 bridgehead atoms. The average molecular weight is 853 g/mol. The van der Waals surface area contributed by atoms with Crippen LogP contribution in [0.4, 0.5) is 45.8 Å². The van der Waals surface area contributed by atoms with E-state index in [-0.39, 0.29) is 33.9 Å². The minimum absolute atomic E-state index is 0. The van der Waals surface area contributed by atoms with Crippen molar-refractivity contribution in [3.05, 3.63) is 163 Å². The number of benzene rings is 4. The van der Waals surface area contributed by atoms with E-state index in [9.17, 15) is 0 Å². The molecular formula is C43H44IrN6O-2. The maximum atomic E-state index is 6.23. The third-order valence-corrected chi connectivity index (χ3v) is 8.67. The van der Waals surface area contributed by atoms with Gasteiger partial charge in [-0.3, -0.25) is 9.80 Å². The molecule has 0 spiro atoms. The van der Waals surface area contributed by atoms with Crippen molar-refractivity contribution in [2.45, 2.75) is 48.4 Å². The monoisotopic (exact) mass is 853 g/mol. The van der Waals surface area contributed by atoms with E-state index in [0.717, 1.165) is 51.2 Å². The van der Waals surface area contributed by atoms with Gasteiger partial charge in [0.05, 0.1) is 11.4 Å². The Bertz CT molecular complexity index is 2060. The summed E-state index contributed by atoms with van der Waals surface area (Å²) in [7, 11) is 0. The second-order valence-electron chi connectivity index (χ2n) is 12.2. The molecule has 4 heterocycles. The first-order valence-corrected chi connectivity index (χ1v) is 16.6. The van der Waals surface area contributed by atoms with E-state index in [2.05, 4.69) is 138 Å². The fourth-order valence-electron chi connectivity index (χ4n) is 6.35. The van der Waals surface area contributed by atoms with Crippen molar-refractivity contribution >= 4 is 45.8 Å². The molecular weight excluding hydrogens is 809 g/mol. The molecule has 1 atom stereocenters. The number of hydrogen-bond donors (Lipinski definition) is 0.